The highest BCUT2D eigenvalue weighted by atomic mass is 16.5. The lowest BCUT2D eigenvalue weighted by Crippen LogP contribution is -2.67. The van der Waals surface area contributed by atoms with Crippen LogP contribution in [-0.2, 0) is 6.54 Å². The van der Waals surface area contributed by atoms with Crippen LogP contribution in [0.4, 0.5) is 10.5 Å². The molecule has 3 saturated carbocycles. The molecular formula is C46H50N2O6. The highest BCUT2D eigenvalue weighted by molar-refractivity contribution is 6.08. The van der Waals surface area contributed by atoms with Gasteiger partial charge in [0.25, 0.3) is 0 Å². The third-order valence-corrected chi connectivity index (χ3v) is 15.0. The lowest BCUT2D eigenvalue weighted by atomic mass is 9.32. The van der Waals surface area contributed by atoms with Gasteiger partial charge in [0, 0.05) is 34.1 Å². The molecule has 0 saturated heterocycles. The Labute approximate surface area is 316 Å². The van der Waals surface area contributed by atoms with Crippen LogP contribution in [0.1, 0.15) is 74.9 Å². The first kappa shape index (κ1) is 35.1. The van der Waals surface area contributed by atoms with Crippen molar-refractivity contribution in [1.29, 1.82) is 0 Å². The summed E-state index contributed by atoms with van der Waals surface area (Å²) in [5.74, 6) is 1.02. The van der Waals surface area contributed by atoms with Crippen LogP contribution >= 0.6 is 0 Å². The number of anilines is 1. The summed E-state index contributed by atoms with van der Waals surface area (Å²) in [6.45, 7) is 5.03. The smallest absolute Gasteiger partial charge is 0.322 e. The van der Waals surface area contributed by atoms with Crippen LogP contribution < -0.4 is 10.1 Å². The van der Waals surface area contributed by atoms with Crippen LogP contribution in [0, 0.1) is 33.5 Å². The summed E-state index contributed by atoms with van der Waals surface area (Å²) < 4.78 is 11.1. The molecule has 4 aromatic rings. The number of fused-ring (bicyclic) bond motifs is 2. The first-order chi connectivity index (χ1) is 26.0. The van der Waals surface area contributed by atoms with E-state index in [1.807, 2.05) is 42.5 Å². The topological polar surface area (TPSA) is 112 Å². The molecule has 54 heavy (non-hydrogen) atoms. The third kappa shape index (κ3) is 4.95. The lowest BCUT2D eigenvalue weighted by Gasteiger charge is -2.71. The average molecular weight is 727 g/mol. The van der Waals surface area contributed by atoms with Crippen LogP contribution in [0.3, 0.4) is 0 Å². The lowest BCUT2D eigenvalue weighted by molar-refractivity contribution is -0.174. The Hall–Kier alpha value is -4.66. The number of ketones is 1. The highest BCUT2D eigenvalue weighted by Crippen LogP contribution is 2.78. The quantitative estimate of drug-likeness (QED) is 0.124. The van der Waals surface area contributed by atoms with Crippen LogP contribution in [0.5, 0.6) is 5.75 Å². The SMILES string of the molecule is COc1ccc(NC(=O)N(Cc2cccc3ccccc23)C[C@]2(O)CC[C@H]3[C@]45C=C[C@@]6(C=C4C(=O)c4ccco4)CC(O)CC[C@]6(C)[C@H]5CC[C@@]32C)cc1. The monoisotopic (exact) mass is 726 g/mol. The maximum Gasteiger partial charge on any atom is 0.322 e. The van der Waals surface area contributed by atoms with Crippen LogP contribution in [-0.4, -0.2) is 52.3 Å². The number of Topliss-reactive ketones (excluding diaryl/α,β-unsaturated/α-hetero) is 1. The molecule has 8 heteroatoms. The summed E-state index contributed by atoms with van der Waals surface area (Å²) in [7, 11) is 1.61. The zero-order valence-electron chi connectivity index (χ0n) is 31.4. The van der Waals surface area contributed by atoms with Crippen LogP contribution in [0.15, 0.2) is 113 Å². The Morgan fingerprint density at radius 3 is 2.41 bits per heavy atom. The Morgan fingerprint density at radius 1 is 0.889 bits per heavy atom. The highest BCUT2D eigenvalue weighted by Gasteiger charge is 2.74. The van der Waals surface area contributed by atoms with Gasteiger partial charge in [-0.3, -0.25) is 4.79 Å². The van der Waals surface area contributed by atoms with E-state index in [9.17, 15) is 19.8 Å². The van der Waals surface area contributed by atoms with E-state index in [1.165, 1.54) is 0 Å². The van der Waals surface area contributed by atoms with E-state index in [0.717, 1.165) is 47.6 Å². The summed E-state index contributed by atoms with van der Waals surface area (Å²) in [4.78, 5) is 30.8. The minimum atomic E-state index is -1.23. The minimum absolute atomic E-state index is 0.0545. The fourth-order valence-electron chi connectivity index (χ4n) is 12.2. The number of carbonyl (C=O) groups excluding carboxylic acids is 2. The molecule has 280 valence electrons. The second-order valence-corrected chi connectivity index (χ2v) is 17.3. The molecule has 3 N–H and O–H groups in total. The number of ether oxygens (including phenoxy) is 1. The van der Waals surface area contributed by atoms with Crippen molar-refractivity contribution in [3.05, 3.63) is 120 Å². The number of aliphatic hydroxyl groups is 2. The number of hydrogen-bond donors (Lipinski definition) is 3. The number of nitrogens with one attached hydrogen (secondary N) is 1. The second kappa shape index (κ2) is 12.4. The van der Waals surface area contributed by atoms with Gasteiger partial charge in [-0.25, -0.2) is 4.79 Å². The molecule has 0 radical (unpaired) electrons. The zero-order valence-corrected chi connectivity index (χ0v) is 31.4. The molecule has 8 atom stereocenters. The summed E-state index contributed by atoms with van der Waals surface area (Å²) >= 11 is 0. The number of rotatable bonds is 8. The van der Waals surface area contributed by atoms with E-state index >= 15 is 0 Å². The third-order valence-electron chi connectivity index (χ3n) is 15.0. The number of amides is 2. The summed E-state index contributed by atoms with van der Waals surface area (Å²) in [5.41, 5.74) is -0.643. The number of nitrogens with zero attached hydrogens (tertiary/aromatic N) is 1. The van der Waals surface area contributed by atoms with E-state index in [4.69, 9.17) is 9.15 Å². The van der Waals surface area contributed by atoms with Gasteiger partial charge in [-0.2, -0.15) is 0 Å². The molecule has 6 aliphatic carbocycles. The van der Waals surface area contributed by atoms with Crippen molar-refractivity contribution in [3.8, 4) is 5.75 Å². The molecule has 6 aliphatic rings. The molecule has 10 rings (SSSR count). The van der Waals surface area contributed by atoms with Gasteiger partial charge in [0.05, 0.1) is 31.6 Å². The maximum atomic E-state index is 14.6. The summed E-state index contributed by atoms with van der Waals surface area (Å²) in [6.07, 6.45) is 13.0. The van der Waals surface area contributed by atoms with Gasteiger partial charge in [0.1, 0.15) is 5.75 Å². The van der Waals surface area contributed by atoms with Gasteiger partial charge in [-0.15, -0.1) is 0 Å². The van der Waals surface area contributed by atoms with Gasteiger partial charge in [0.15, 0.2) is 5.76 Å². The van der Waals surface area contributed by atoms with E-state index in [2.05, 4.69) is 61.7 Å². The van der Waals surface area contributed by atoms with E-state index in [1.54, 1.807) is 30.4 Å². The Balaban J connectivity index is 1.11. The number of allylic oxidation sites excluding steroid dienone is 4. The van der Waals surface area contributed by atoms with Gasteiger partial charge >= 0.3 is 6.03 Å². The standard InChI is InChI=1S/C46H50N2O6/c1-42-20-17-33(49)26-44(42)23-24-46(36(27-44)40(50)37-12-7-25-54-37)38(42)18-21-43(2)39(46)19-22-45(43,52)29-48(41(51)47-32-13-15-34(53-3)16-14-32)28-31-10-6-9-30-8-4-5-11-35(30)31/h4-16,23-25,27,33,38-39,49,52H,17-22,26,28-29H2,1-3H3,(H,47,51)/t33?,38-,39-,42-,43+,44+,45-,46-/m1/s1. The molecule has 3 aromatic carbocycles. The number of furan rings is 1. The van der Waals surface area contributed by atoms with Gasteiger partial charge in [-0.1, -0.05) is 74.5 Å². The Bertz CT molecular complexity index is 2170. The van der Waals surface area contributed by atoms with Gasteiger partial charge < -0.3 is 29.6 Å². The molecule has 8 nitrogen and oxygen atoms in total. The van der Waals surface area contributed by atoms with Gasteiger partial charge in [0.2, 0.25) is 5.78 Å². The summed E-state index contributed by atoms with van der Waals surface area (Å²) in [6, 6.07) is 24.8. The number of methoxy groups -OCH3 is 1. The number of urea groups is 1. The molecule has 1 heterocycles. The fourth-order valence-corrected chi connectivity index (χ4v) is 12.2. The normalized spacial score (nSPS) is 34.8. The van der Waals surface area contributed by atoms with E-state index in [0.29, 0.717) is 43.0 Å². The van der Waals surface area contributed by atoms with Crippen molar-refractivity contribution >= 4 is 28.3 Å². The van der Waals surface area contributed by atoms with Crippen LogP contribution in [0.2, 0.25) is 0 Å². The van der Waals surface area contributed by atoms with Crippen LogP contribution in [0.25, 0.3) is 10.8 Å². The zero-order chi connectivity index (χ0) is 37.5. The van der Waals surface area contributed by atoms with E-state index in [-0.39, 0.29) is 35.6 Å². The fraction of sp³-hybridized carbons (Fsp3) is 0.435. The first-order valence-electron chi connectivity index (χ1n) is 19.5. The number of benzene rings is 3. The molecule has 3 fully saturated rings. The first-order valence-corrected chi connectivity index (χ1v) is 19.5. The molecule has 2 amide bonds. The average Bonchev–Trinajstić information content (AvgIpc) is 3.81. The minimum Gasteiger partial charge on any atom is -0.497 e. The largest absolute Gasteiger partial charge is 0.497 e. The van der Waals surface area contributed by atoms with Crippen molar-refractivity contribution in [2.75, 3.05) is 19.0 Å². The molecule has 2 bridgehead atoms. The van der Waals surface area contributed by atoms with Crippen molar-refractivity contribution < 1.29 is 29.0 Å². The number of aliphatic hydroxyl groups excluding tert-OH is 1. The molecule has 1 aromatic heterocycles. The van der Waals surface area contributed by atoms with Crippen molar-refractivity contribution in [2.24, 2.45) is 33.5 Å². The van der Waals surface area contributed by atoms with Crippen molar-refractivity contribution in [1.82, 2.24) is 4.90 Å². The van der Waals surface area contributed by atoms with Crippen molar-refractivity contribution in [3.63, 3.8) is 0 Å². The van der Waals surface area contributed by atoms with E-state index < -0.39 is 27.9 Å². The Kier molecular flexibility index (Phi) is 8.07. The number of hydrogen-bond acceptors (Lipinski definition) is 6. The van der Waals surface area contributed by atoms with Crippen molar-refractivity contribution in [2.45, 2.75) is 77.0 Å². The summed E-state index contributed by atoms with van der Waals surface area (Å²) in [5, 5.41) is 29.5. The number of carbonyl (C=O) groups is 2. The second-order valence-electron chi connectivity index (χ2n) is 17.3. The van der Waals surface area contributed by atoms with Gasteiger partial charge in [-0.05, 0) is 115 Å². The molecule has 0 aliphatic heterocycles. The Morgan fingerprint density at radius 2 is 1.63 bits per heavy atom. The molecule has 2 spiro atoms. The predicted molar refractivity (Wildman–Crippen MR) is 208 cm³/mol. The maximum absolute atomic E-state index is 14.6. The predicted octanol–water partition coefficient (Wildman–Crippen LogP) is 8.95. The molecular weight excluding hydrogens is 677 g/mol. The molecule has 1 unspecified atom stereocenters.